The van der Waals surface area contributed by atoms with Gasteiger partial charge in [0.05, 0.1) is 6.61 Å². The first kappa shape index (κ1) is 16.8. The average Bonchev–Trinajstić information content (AvgIpc) is 2.44. The summed E-state index contributed by atoms with van der Waals surface area (Å²) < 4.78 is 10.8. The number of esters is 1. The summed E-state index contributed by atoms with van der Waals surface area (Å²) in [6.07, 6.45) is -0.0554. The molecule has 0 spiro atoms. The van der Waals surface area contributed by atoms with E-state index in [1.165, 1.54) is 0 Å². The van der Waals surface area contributed by atoms with Crippen LogP contribution in [-0.2, 0) is 16.1 Å². The molecule has 0 bridgehead atoms. The van der Waals surface area contributed by atoms with Crippen LogP contribution in [-0.4, -0.2) is 25.2 Å². The lowest BCUT2D eigenvalue weighted by molar-refractivity contribution is -0.151. The summed E-state index contributed by atoms with van der Waals surface area (Å²) in [4.78, 5) is 11.8. The van der Waals surface area contributed by atoms with Crippen LogP contribution in [0.4, 0.5) is 0 Å². The van der Waals surface area contributed by atoms with E-state index in [-0.39, 0.29) is 5.97 Å². The van der Waals surface area contributed by atoms with Crippen molar-refractivity contribution in [2.45, 2.75) is 39.8 Å². The third-order valence-corrected chi connectivity index (χ3v) is 3.17. The highest BCUT2D eigenvalue weighted by atomic mass is 35.5. The van der Waals surface area contributed by atoms with Crippen molar-refractivity contribution < 1.29 is 14.3 Å². The lowest BCUT2D eigenvalue weighted by Crippen LogP contribution is -2.29. The van der Waals surface area contributed by atoms with Crippen molar-refractivity contribution in [2.24, 2.45) is 0 Å². The van der Waals surface area contributed by atoms with Crippen molar-refractivity contribution in [1.82, 2.24) is 5.32 Å². The number of halogens is 1. The molecule has 112 valence electrons. The molecule has 1 unspecified atom stereocenters. The smallest absolute Gasteiger partial charge is 0.347 e. The van der Waals surface area contributed by atoms with Gasteiger partial charge < -0.3 is 14.8 Å². The maximum atomic E-state index is 11.8. The highest BCUT2D eigenvalue weighted by Crippen LogP contribution is 2.27. The molecule has 1 rings (SSSR count). The standard InChI is InChI=1S/C15H22ClNO3/c1-4-13(15(18)19-6-3)20-14-9-7-8-12(16)11(14)10-17-5-2/h7-9,13,17H,4-6,10H2,1-3H3. The molecule has 20 heavy (non-hydrogen) atoms. The van der Waals surface area contributed by atoms with Crippen LogP contribution in [0.3, 0.4) is 0 Å². The molecule has 0 fully saturated rings. The van der Waals surface area contributed by atoms with Crippen molar-refractivity contribution in [1.29, 1.82) is 0 Å². The molecule has 1 aromatic carbocycles. The number of hydrogen-bond acceptors (Lipinski definition) is 4. The van der Waals surface area contributed by atoms with Crippen LogP contribution >= 0.6 is 11.6 Å². The molecule has 0 saturated heterocycles. The van der Waals surface area contributed by atoms with E-state index in [0.717, 1.165) is 12.1 Å². The van der Waals surface area contributed by atoms with E-state index in [2.05, 4.69) is 5.32 Å². The maximum Gasteiger partial charge on any atom is 0.347 e. The normalized spacial score (nSPS) is 12.0. The fraction of sp³-hybridized carbons (Fsp3) is 0.533. The summed E-state index contributed by atoms with van der Waals surface area (Å²) in [6.45, 7) is 7.46. The molecule has 0 aliphatic rings. The SMILES string of the molecule is CCNCc1c(Cl)cccc1OC(CC)C(=O)OCC. The topological polar surface area (TPSA) is 47.6 Å². The summed E-state index contributed by atoms with van der Waals surface area (Å²) >= 11 is 6.20. The minimum absolute atomic E-state index is 0.343. The van der Waals surface area contributed by atoms with Gasteiger partial charge in [-0.3, -0.25) is 0 Å². The second kappa shape index (κ2) is 8.82. The molecular weight excluding hydrogens is 278 g/mol. The molecule has 5 heteroatoms. The minimum Gasteiger partial charge on any atom is -0.478 e. The molecule has 1 aromatic rings. The summed E-state index contributed by atoms with van der Waals surface area (Å²) in [5.74, 6) is 0.280. The molecule has 0 amide bonds. The fourth-order valence-corrected chi connectivity index (χ4v) is 1.99. The number of ether oxygens (including phenoxy) is 2. The van der Waals surface area contributed by atoms with Crippen molar-refractivity contribution >= 4 is 17.6 Å². The van der Waals surface area contributed by atoms with Gasteiger partial charge in [-0.15, -0.1) is 0 Å². The van der Waals surface area contributed by atoms with Gasteiger partial charge >= 0.3 is 5.97 Å². The Labute approximate surface area is 125 Å². The summed E-state index contributed by atoms with van der Waals surface area (Å²) in [5, 5.41) is 3.84. The molecule has 0 saturated carbocycles. The van der Waals surface area contributed by atoms with Gasteiger partial charge in [-0.25, -0.2) is 4.79 Å². The van der Waals surface area contributed by atoms with E-state index < -0.39 is 6.10 Å². The zero-order valence-corrected chi connectivity index (χ0v) is 13.0. The largest absolute Gasteiger partial charge is 0.478 e. The van der Waals surface area contributed by atoms with Gasteiger partial charge in [0.15, 0.2) is 6.10 Å². The van der Waals surface area contributed by atoms with E-state index in [1.807, 2.05) is 32.0 Å². The van der Waals surface area contributed by atoms with Crippen molar-refractivity contribution in [2.75, 3.05) is 13.2 Å². The molecule has 0 heterocycles. The minimum atomic E-state index is -0.603. The Morgan fingerprint density at radius 3 is 2.70 bits per heavy atom. The second-order valence-electron chi connectivity index (χ2n) is 4.26. The molecule has 0 aliphatic carbocycles. The highest BCUT2D eigenvalue weighted by molar-refractivity contribution is 6.31. The van der Waals surface area contributed by atoms with Crippen LogP contribution in [0.2, 0.25) is 5.02 Å². The lowest BCUT2D eigenvalue weighted by Gasteiger charge is -2.19. The molecule has 0 aromatic heterocycles. The first-order valence-corrected chi connectivity index (χ1v) is 7.33. The van der Waals surface area contributed by atoms with E-state index in [9.17, 15) is 4.79 Å². The molecule has 1 atom stereocenters. The Bertz CT molecular complexity index is 437. The van der Waals surface area contributed by atoms with Crippen molar-refractivity contribution in [3.63, 3.8) is 0 Å². The van der Waals surface area contributed by atoms with Gasteiger partial charge in [0.1, 0.15) is 5.75 Å². The van der Waals surface area contributed by atoms with Gasteiger partial charge in [0.2, 0.25) is 0 Å². The number of rotatable bonds is 8. The molecule has 1 N–H and O–H groups in total. The van der Waals surface area contributed by atoms with Gasteiger partial charge in [0.25, 0.3) is 0 Å². The fourth-order valence-electron chi connectivity index (χ4n) is 1.76. The van der Waals surface area contributed by atoms with E-state index in [1.54, 1.807) is 6.92 Å². The zero-order chi connectivity index (χ0) is 15.0. The van der Waals surface area contributed by atoms with E-state index in [4.69, 9.17) is 21.1 Å². The van der Waals surface area contributed by atoms with Gasteiger partial charge in [-0.2, -0.15) is 0 Å². The number of hydrogen-bond donors (Lipinski definition) is 1. The third-order valence-electron chi connectivity index (χ3n) is 2.82. The summed E-state index contributed by atoms with van der Waals surface area (Å²) in [6, 6.07) is 5.44. The quantitative estimate of drug-likeness (QED) is 0.749. The van der Waals surface area contributed by atoms with E-state index in [0.29, 0.717) is 30.3 Å². The number of benzene rings is 1. The Balaban J connectivity index is 2.89. The first-order valence-electron chi connectivity index (χ1n) is 6.95. The molecule has 0 aliphatic heterocycles. The van der Waals surface area contributed by atoms with Crippen LogP contribution in [0.15, 0.2) is 18.2 Å². The predicted molar refractivity (Wildman–Crippen MR) is 80.2 cm³/mol. The second-order valence-corrected chi connectivity index (χ2v) is 4.67. The van der Waals surface area contributed by atoms with Crippen LogP contribution in [0.25, 0.3) is 0 Å². The van der Waals surface area contributed by atoms with Gasteiger partial charge in [-0.1, -0.05) is 31.5 Å². The van der Waals surface area contributed by atoms with E-state index >= 15 is 0 Å². The van der Waals surface area contributed by atoms with Gasteiger partial charge in [-0.05, 0) is 32.0 Å². The predicted octanol–water partition coefficient (Wildman–Crippen LogP) is 3.17. The summed E-state index contributed by atoms with van der Waals surface area (Å²) in [7, 11) is 0. The Kier molecular flexibility index (Phi) is 7.41. The Morgan fingerprint density at radius 2 is 2.10 bits per heavy atom. The first-order chi connectivity index (χ1) is 9.63. The molecular formula is C15H22ClNO3. The van der Waals surface area contributed by atoms with Crippen LogP contribution < -0.4 is 10.1 Å². The monoisotopic (exact) mass is 299 g/mol. The summed E-state index contributed by atoms with van der Waals surface area (Å²) in [5.41, 5.74) is 0.860. The zero-order valence-electron chi connectivity index (χ0n) is 12.2. The van der Waals surface area contributed by atoms with Crippen LogP contribution in [0, 0.1) is 0 Å². The third kappa shape index (κ3) is 4.69. The number of nitrogens with one attached hydrogen (secondary N) is 1. The Morgan fingerprint density at radius 1 is 1.35 bits per heavy atom. The Hall–Kier alpha value is -1.26. The van der Waals surface area contributed by atoms with Crippen molar-refractivity contribution in [3.05, 3.63) is 28.8 Å². The highest BCUT2D eigenvalue weighted by Gasteiger charge is 2.21. The molecule has 0 radical (unpaired) electrons. The average molecular weight is 300 g/mol. The lowest BCUT2D eigenvalue weighted by atomic mass is 10.2. The maximum absolute atomic E-state index is 11.8. The van der Waals surface area contributed by atoms with Gasteiger partial charge in [0, 0.05) is 17.1 Å². The number of carbonyl (C=O) groups excluding carboxylic acids is 1. The molecule has 4 nitrogen and oxygen atoms in total. The van der Waals surface area contributed by atoms with Crippen LogP contribution in [0.1, 0.15) is 32.8 Å². The van der Waals surface area contributed by atoms with Crippen LogP contribution in [0.5, 0.6) is 5.75 Å². The van der Waals surface area contributed by atoms with Crippen molar-refractivity contribution in [3.8, 4) is 5.75 Å². The number of carbonyl (C=O) groups is 1.